The van der Waals surface area contributed by atoms with Crippen molar-refractivity contribution in [1.29, 1.82) is 0 Å². The maximum Gasteiger partial charge on any atom is -0.870 e. The standard InChI is InChI=1S/C8H9BO.2H2O/c1-6(10)7-3-2-4-8(9)5-7;;/h2-6,10H,1H3;2*1H2/q+2;;/p-2. The average Bonchev–Trinajstić information content (AvgIpc) is 1.88. The molecule has 1 unspecified atom stereocenters. The van der Waals surface area contributed by atoms with Crippen LogP contribution in [0.25, 0.3) is 0 Å². The van der Waals surface area contributed by atoms with Gasteiger partial charge in [-0.2, -0.15) is 0 Å². The molecule has 0 aromatic heterocycles. The fourth-order valence-corrected chi connectivity index (χ4v) is 0.819. The fraction of sp³-hybridized carbons (Fsp3) is 0.250. The predicted molar refractivity (Wildman–Crippen MR) is 46.3 cm³/mol. The summed E-state index contributed by atoms with van der Waals surface area (Å²) in [7, 11) is 5.49. The van der Waals surface area contributed by atoms with Gasteiger partial charge in [-0.25, -0.2) is 0 Å². The molecule has 0 aliphatic heterocycles. The minimum atomic E-state index is -0.427. The van der Waals surface area contributed by atoms with E-state index in [1.807, 2.05) is 12.1 Å². The average molecular weight is 166 g/mol. The molecule has 4 heteroatoms. The van der Waals surface area contributed by atoms with Gasteiger partial charge in [0.05, 0.1) is 0 Å². The Morgan fingerprint density at radius 3 is 2.25 bits per heavy atom. The molecule has 1 atom stereocenters. The Labute approximate surface area is 73.1 Å². The van der Waals surface area contributed by atoms with E-state index in [2.05, 4.69) is 0 Å². The Morgan fingerprint density at radius 1 is 1.33 bits per heavy atom. The predicted octanol–water partition coefficient (Wildman–Crippen LogP) is 0.180. The number of hydrogen-bond donors (Lipinski definition) is 1. The van der Waals surface area contributed by atoms with Crippen LogP contribution < -0.4 is 5.46 Å². The molecular formula is C8H11BO3. The minimum absolute atomic E-state index is 0. The molecule has 0 heterocycles. The molecule has 0 bridgehead atoms. The van der Waals surface area contributed by atoms with Gasteiger partial charge in [0, 0.05) is 0 Å². The van der Waals surface area contributed by atoms with Gasteiger partial charge in [0.1, 0.15) is 0 Å². The summed E-state index contributed by atoms with van der Waals surface area (Å²) in [6.07, 6.45) is -0.427. The first-order valence-electron chi connectivity index (χ1n) is 3.23. The molecule has 1 aromatic rings. The van der Waals surface area contributed by atoms with Gasteiger partial charge < -0.3 is 11.0 Å². The normalized spacial score (nSPS) is 11.0. The number of aliphatic hydroxyl groups excluding tert-OH is 1. The maximum atomic E-state index is 9.09. The zero-order chi connectivity index (χ0) is 7.56. The van der Waals surface area contributed by atoms with Crippen LogP contribution in [0.1, 0.15) is 18.6 Å². The van der Waals surface area contributed by atoms with Crippen molar-refractivity contribution in [2.75, 3.05) is 0 Å². The first-order valence-corrected chi connectivity index (χ1v) is 3.23. The van der Waals surface area contributed by atoms with E-state index < -0.39 is 6.10 Å². The van der Waals surface area contributed by atoms with Crippen LogP contribution in [0, 0.1) is 0 Å². The largest absolute Gasteiger partial charge is 0.870 e. The van der Waals surface area contributed by atoms with Crippen LogP contribution in [0.15, 0.2) is 24.3 Å². The van der Waals surface area contributed by atoms with Gasteiger partial charge in [-0.15, -0.1) is 0 Å². The first-order chi connectivity index (χ1) is 4.70. The molecule has 0 fully saturated rings. The van der Waals surface area contributed by atoms with E-state index in [-0.39, 0.29) is 11.0 Å². The summed E-state index contributed by atoms with van der Waals surface area (Å²) in [4.78, 5) is 0. The summed E-state index contributed by atoms with van der Waals surface area (Å²) in [5.41, 5.74) is 1.55. The van der Waals surface area contributed by atoms with E-state index >= 15 is 0 Å². The molecular weight excluding hydrogens is 155 g/mol. The second-order valence-corrected chi connectivity index (χ2v) is 2.35. The fourth-order valence-electron chi connectivity index (χ4n) is 0.819. The molecule has 3 nitrogen and oxygen atoms in total. The Bertz CT molecular complexity index is 225. The van der Waals surface area contributed by atoms with Gasteiger partial charge in [0.15, 0.2) is 0 Å². The summed E-state index contributed by atoms with van der Waals surface area (Å²) >= 11 is 0. The Hall–Kier alpha value is -0.835. The number of aliphatic hydroxyl groups is 1. The monoisotopic (exact) mass is 166 g/mol. The second-order valence-electron chi connectivity index (χ2n) is 2.35. The van der Waals surface area contributed by atoms with Crippen molar-refractivity contribution in [3.05, 3.63) is 29.8 Å². The van der Waals surface area contributed by atoms with Crippen LogP contribution in [0.5, 0.6) is 0 Å². The third-order valence-electron chi connectivity index (χ3n) is 1.39. The third-order valence-corrected chi connectivity index (χ3v) is 1.39. The molecule has 12 heavy (non-hydrogen) atoms. The van der Waals surface area contributed by atoms with Crippen molar-refractivity contribution in [2.45, 2.75) is 13.0 Å². The Kier molecular flexibility index (Phi) is 6.60. The summed E-state index contributed by atoms with van der Waals surface area (Å²) in [6, 6.07) is 7.25. The molecule has 0 radical (unpaired) electrons. The van der Waals surface area contributed by atoms with Crippen LogP contribution in [0.2, 0.25) is 0 Å². The van der Waals surface area contributed by atoms with E-state index in [4.69, 9.17) is 13.0 Å². The van der Waals surface area contributed by atoms with Crippen LogP contribution in [0.4, 0.5) is 0 Å². The van der Waals surface area contributed by atoms with Crippen LogP contribution in [-0.4, -0.2) is 23.9 Å². The van der Waals surface area contributed by atoms with Crippen molar-refractivity contribution in [1.82, 2.24) is 0 Å². The number of hydrogen-bond acceptors (Lipinski definition) is 3. The van der Waals surface area contributed by atoms with Crippen LogP contribution in [0.3, 0.4) is 0 Å². The smallest absolute Gasteiger partial charge is 0.870 e. The molecule has 0 spiro atoms. The van der Waals surface area contributed by atoms with Crippen molar-refractivity contribution >= 4 is 13.3 Å². The molecule has 0 saturated carbocycles. The molecule has 0 aliphatic rings. The summed E-state index contributed by atoms with van der Waals surface area (Å²) in [5, 5.41) is 9.09. The second kappa shape index (κ2) is 5.77. The molecule has 1 rings (SSSR count). The number of benzene rings is 1. The van der Waals surface area contributed by atoms with Crippen molar-refractivity contribution in [2.24, 2.45) is 0 Å². The van der Waals surface area contributed by atoms with Crippen molar-refractivity contribution in [3.8, 4) is 0 Å². The van der Waals surface area contributed by atoms with Crippen molar-refractivity contribution < 1.29 is 16.1 Å². The van der Waals surface area contributed by atoms with E-state index in [9.17, 15) is 0 Å². The summed E-state index contributed by atoms with van der Waals surface area (Å²) < 4.78 is 0. The van der Waals surface area contributed by atoms with Gasteiger partial charge in [0.2, 0.25) is 0 Å². The molecule has 3 N–H and O–H groups in total. The summed E-state index contributed by atoms with van der Waals surface area (Å²) in [6.45, 7) is 1.72. The van der Waals surface area contributed by atoms with Crippen LogP contribution >= 0.6 is 0 Å². The zero-order valence-corrected chi connectivity index (χ0v) is 6.81. The Balaban J connectivity index is 0. The van der Waals surface area contributed by atoms with Gasteiger partial charge in [-0.05, 0) is 0 Å². The maximum absolute atomic E-state index is 9.09. The van der Waals surface area contributed by atoms with Crippen LogP contribution in [-0.2, 0) is 0 Å². The van der Waals surface area contributed by atoms with E-state index in [0.717, 1.165) is 5.56 Å². The van der Waals surface area contributed by atoms with E-state index in [0.29, 0.717) is 5.46 Å². The van der Waals surface area contributed by atoms with Crippen molar-refractivity contribution in [3.63, 3.8) is 0 Å². The molecule has 0 amide bonds. The first kappa shape index (κ1) is 13.7. The van der Waals surface area contributed by atoms with Gasteiger partial charge in [-0.1, -0.05) is 0 Å². The van der Waals surface area contributed by atoms with Gasteiger partial charge in [-0.3, -0.25) is 0 Å². The summed E-state index contributed by atoms with van der Waals surface area (Å²) in [5.74, 6) is 0. The minimum Gasteiger partial charge on any atom is -0.870 e. The quantitative estimate of drug-likeness (QED) is 0.604. The molecule has 0 aliphatic carbocycles. The van der Waals surface area contributed by atoms with E-state index in [1.165, 1.54) is 0 Å². The van der Waals surface area contributed by atoms with E-state index in [1.54, 1.807) is 19.1 Å². The number of rotatable bonds is 1. The molecule has 0 saturated heterocycles. The molecule has 64 valence electrons. The zero-order valence-electron chi connectivity index (χ0n) is 6.81. The van der Waals surface area contributed by atoms with Gasteiger partial charge >= 0.3 is 61.3 Å². The third kappa shape index (κ3) is 3.53. The van der Waals surface area contributed by atoms with Gasteiger partial charge in [0.25, 0.3) is 0 Å². The topological polar surface area (TPSA) is 80.2 Å². The Morgan fingerprint density at radius 2 is 1.92 bits per heavy atom. The SMILES string of the molecule is [B+2]c1cccc(C(C)O)c1.[OH-].[OH-]. The molecule has 1 aromatic carbocycles.